The van der Waals surface area contributed by atoms with Crippen molar-refractivity contribution in [3.8, 4) is 0 Å². The molecule has 0 saturated heterocycles. The fourth-order valence-electron chi connectivity index (χ4n) is 4.05. The Balaban J connectivity index is -0.000000124. The summed E-state index contributed by atoms with van der Waals surface area (Å²) in [4.78, 5) is 176. The fraction of sp³-hybridized carbons (Fsp3) is 0.622. The molecule has 0 aromatic carbocycles. The van der Waals surface area contributed by atoms with Crippen molar-refractivity contribution in [2.75, 3.05) is 74.1 Å². The predicted octanol–water partition coefficient (Wildman–Crippen LogP) is -9.36. The molecule has 0 aliphatic carbocycles. The Bertz CT molecular complexity index is 2150. The first-order valence-corrected chi connectivity index (χ1v) is 29.7. The van der Waals surface area contributed by atoms with Crippen LogP contribution in [0.5, 0.6) is 0 Å². The molecule has 0 unspecified atom stereocenters. The fourth-order valence-corrected chi connectivity index (χ4v) is 5.78. The quantitative estimate of drug-likeness (QED) is 0.0157. The summed E-state index contributed by atoms with van der Waals surface area (Å²) in [5, 5.41) is 40.8. The van der Waals surface area contributed by atoms with E-state index in [2.05, 4.69) is 148 Å². The predicted molar refractivity (Wildman–Crippen MR) is 350 cm³/mol. The number of nitrogens with one attached hydrogen (secondary N) is 11. The number of likely N-dealkylation sites (N-methyl/N-ethyl adjacent to an activating group) is 2. The number of carbonyl (C=O) groups is 17. The lowest BCUT2D eigenvalue weighted by Gasteiger charge is -2.13. The van der Waals surface area contributed by atoms with Crippen molar-refractivity contribution < 1.29 is 118 Å². The minimum Gasteiger partial charge on any atom is -0.394 e. The maximum absolute atomic E-state index is 11.6. The number of hydrogen-bond donors (Lipinski definition) is 26. The molecule has 0 aliphatic rings. The highest BCUT2D eigenvalue weighted by Gasteiger charge is 2.41. The second-order valence-electron chi connectivity index (χ2n) is 16.5. The SMILES string of the molecule is CC(=O)N[C@@H](CO)C(N)=O.CC(=O)N[C@@H](CS)C(N)=O.CC(=O)N[C@H](CO)C(N)=O.CC(=O)N[C@H](CS)C(N)=O.CNC(=O)[C@@H](CS)NC(C)=O.CNC(=O)[C@H](CS)NC(C)=O.NC(=O)[C@@H](CS)NC(=O)C(F)(F)F.NC(=O)[C@H](CS)NC(=O)C(F)(F)F.O=CNCCS. The van der Waals surface area contributed by atoms with Gasteiger partial charge in [-0.1, -0.05) is 0 Å². The lowest BCUT2D eigenvalue weighted by Crippen LogP contribution is -2.50. The molecular formula is C45H85F6N17O19S7. The molecule has 0 fully saturated rings. The van der Waals surface area contributed by atoms with E-state index in [9.17, 15) is 108 Å². The standard InChI is InChI=1S/2C6H12N2O2S.2C5H7F3N2O2S.2C5H10N2O3.2C5H10N2O2S.C3H7NOS/c2*1-4(9)8-5(3-11)6(10)7-2;2*6-5(7,8)4(12)10-2(1-13)3(9)11;2*1-3(9)7-4(2-8)5(6)10;2*1-3(8)7-4(2-10)5(6)9;5-3-4-1-2-6/h2*5,11H,3H2,1-2H3,(H,7,10)(H,8,9);2*2,13H,1H2,(H2,9,11)(H,10,12);2*4,8H,2H2,1H3,(H2,6,10)(H,7,9);2*4,10H,2H2,1H3,(H2,6,9)(H,7,8);3,6H,1-2H2,(H,4,5)/t2*5-;2*2-;4*4-;/m10101010./s1. The van der Waals surface area contributed by atoms with E-state index in [1.807, 2.05) is 0 Å². The van der Waals surface area contributed by atoms with Gasteiger partial charge in [0.1, 0.15) is 48.3 Å². The molecule has 0 heterocycles. The van der Waals surface area contributed by atoms with Gasteiger partial charge in [-0.05, 0) is 0 Å². The first-order chi connectivity index (χ1) is 43.0. The van der Waals surface area contributed by atoms with Crippen LogP contribution in [0.3, 0.4) is 0 Å². The van der Waals surface area contributed by atoms with Gasteiger partial charge in [0.15, 0.2) is 0 Å². The zero-order valence-electron chi connectivity index (χ0n) is 51.5. The van der Waals surface area contributed by atoms with Crippen LogP contribution < -0.4 is 92.9 Å². The van der Waals surface area contributed by atoms with Gasteiger partial charge in [-0.15, -0.1) is 0 Å². The summed E-state index contributed by atoms with van der Waals surface area (Å²) in [7, 11) is 3.03. The van der Waals surface area contributed by atoms with Crippen molar-refractivity contribution >= 4 is 189 Å². The van der Waals surface area contributed by atoms with Gasteiger partial charge in [0.25, 0.3) is 0 Å². The molecule has 0 bridgehead atoms. The van der Waals surface area contributed by atoms with Crippen molar-refractivity contribution in [3.63, 3.8) is 0 Å². The topological polar surface area (TPSA) is 619 Å². The van der Waals surface area contributed by atoms with Crippen LogP contribution >= 0.6 is 88.4 Å². The van der Waals surface area contributed by atoms with E-state index in [-0.39, 0.29) is 58.5 Å². The van der Waals surface area contributed by atoms with Crippen LogP contribution in [0.4, 0.5) is 26.3 Å². The minimum atomic E-state index is -5.02. The first-order valence-electron chi connectivity index (χ1n) is 25.2. The molecule has 94 heavy (non-hydrogen) atoms. The zero-order chi connectivity index (χ0) is 76.4. The number of primary amides is 6. The van der Waals surface area contributed by atoms with Crippen LogP contribution in [0.25, 0.3) is 0 Å². The van der Waals surface area contributed by atoms with E-state index in [0.717, 1.165) is 0 Å². The number of alkyl halides is 6. The lowest BCUT2D eigenvalue weighted by molar-refractivity contribution is -0.174. The molecule has 0 aliphatic heterocycles. The number of carbonyl (C=O) groups excluding carboxylic acids is 17. The molecule has 0 saturated carbocycles. The van der Waals surface area contributed by atoms with Crippen LogP contribution in [-0.4, -0.2) is 246 Å². The number of amides is 17. The average Bonchev–Trinajstić information content (AvgIpc) is 1.87. The third-order valence-electron chi connectivity index (χ3n) is 8.38. The lowest BCUT2D eigenvalue weighted by atomic mass is 10.3. The van der Waals surface area contributed by atoms with Crippen LogP contribution in [0, 0.1) is 0 Å². The molecule has 17 amide bonds. The number of aliphatic hydroxyl groups is 2. The van der Waals surface area contributed by atoms with Gasteiger partial charge in [0, 0.05) is 102 Å². The number of aliphatic hydroxyl groups excluding tert-OH is 2. The first kappa shape index (κ1) is 106. The molecule has 49 heteroatoms. The van der Waals surface area contributed by atoms with Crippen molar-refractivity contribution in [2.24, 2.45) is 34.4 Å². The molecule has 0 spiro atoms. The number of halogens is 6. The number of hydrogen-bond acceptors (Lipinski definition) is 26. The molecular weight excluding hydrogens is 1420 g/mol. The maximum atomic E-state index is 11.6. The Morgan fingerprint density at radius 3 is 0.638 bits per heavy atom. The van der Waals surface area contributed by atoms with Gasteiger partial charge in [0.2, 0.25) is 89.1 Å². The molecule has 0 aromatic heterocycles. The van der Waals surface area contributed by atoms with Crippen LogP contribution in [0.2, 0.25) is 0 Å². The van der Waals surface area contributed by atoms with Crippen molar-refractivity contribution in [1.82, 2.24) is 58.5 Å². The summed E-state index contributed by atoms with van der Waals surface area (Å²) in [6.07, 6.45) is -9.37. The summed E-state index contributed by atoms with van der Waals surface area (Å²) >= 11 is 26.4. The normalized spacial score (nSPS) is 12.2. The van der Waals surface area contributed by atoms with E-state index in [1.54, 1.807) is 0 Å². The highest BCUT2D eigenvalue weighted by molar-refractivity contribution is 7.81. The summed E-state index contributed by atoms with van der Waals surface area (Å²) in [5.74, 6) is -10.2. The van der Waals surface area contributed by atoms with Gasteiger partial charge in [0.05, 0.1) is 13.2 Å². The van der Waals surface area contributed by atoms with E-state index in [0.29, 0.717) is 30.2 Å². The molecule has 0 aromatic rings. The van der Waals surface area contributed by atoms with Crippen LogP contribution in [0.1, 0.15) is 41.5 Å². The Labute approximate surface area is 573 Å². The largest absolute Gasteiger partial charge is 0.471 e. The number of thiol groups is 7. The Morgan fingerprint density at radius 2 is 0.543 bits per heavy atom. The van der Waals surface area contributed by atoms with E-state index in [1.165, 1.54) is 66.3 Å². The molecule has 36 nitrogen and oxygen atoms in total. The van der Waals surface area contributed by atoms with E-state index >= 15 is 0 Å². The Morgan fingerprint density at radius 1 is 0.362 bits per heavy atom. The zero-order valence-corrected chi connectivity index (χ0v) is 57.7. The van der Waals surface area contributed by atoms with E-state index < -0.39 is 133 Å². The molecule has 25 N–H and O–H groups in total. The third kappa shape index (κ3) is 70.8. The third-order valence-corrected chi connectivity index (χ3v) is 10.8. The van der Waals surface area contributed by atoms with Gasteiger partial charge in [-0.3, -0.25) is 81.5 Å². The van der Waals surface area contributed by atoms with E-state index in [4.69, 9.17) is 33.1 Å². The highest BCUT2D eigenvalue weighted by Crippen LogP contribution is 2.15. The summed E-state index contributed by atoms with van der Waals surface area (Å²) in [6, 6.07) is -7.09. The molecule has 548 valence electrons. The molecule has 0 rings (SSSR count). The minimum absolute atomic E-state index is 0.227. The second kappa shape index (κ2) is 63.3. The van der Waals surface area contributed by atoms with Gasteiger partial charge in [-0.25, -0.2) is 0 Å². The van der Waals surface area contributed by atoms with Crippen LogP contribution in [0.15, 0.2) is 0 Å². The van der Waals surface area contributed by atoms with Gasteiger partial charge >= 0.3 is 24.2 Å². The Kier molecular flexibility index (Phi) is 71.2. The maximum Gasteiger partial charge on any atom is 0.471 e. The Hall–Kier alpha value is -7.06. The number of nitrogens with two attached hydrogens (primary N) is 6. The molecule has 8 atom stereocenters. The summed E-state index contributed by atoms with van der Waals surface area (Å²) in [6.45, 7) is 7.57. The van der Waals surface area contributed by atoms with Crippen molar-refractivity contribution in [2.45, 2.75) is 102 Å². The highest BCUT2D eigenvalue weighted by atomic mass is 32.1. The average molecular weight is 1510 g/mol. The summed E-state index contributed by atoms with van der Waals surface area (Å²) in [5.41, 5.74) is 28.7. The van der Waals surface area contributed by atoms with Crippen LogP contribution in [-0.2, 0) is 81.5 Å². The van der Waals surface area contributed by atoms with Gasteiger partial charge in [-0.2, -0.15) is 115 Å². The number of rotatable bonds is 27. The smallest absolute Gasteiger partial charge is 0.394 e. The van der Waals surface area contributed by atoms with Crippen molar-refractivity contribution in [1.29, 1.82) is 0 Å². The molecule has 0 radical (unpaired) electrons. The van der Waals surface area contributed by atoms with Gasteiger partial charge < -0.3 is 103 Å². The second-order valence-corrected chi connectivity index (χ2v) is 19.1. The van der Waals surface area contributed by atoms with Crippen molar-refractivity contribution in [3.05, 3.63) is 0 Å². The monoisotopic (exact) mass is 1510 g/mol. The summed E-state index contributed by atoms with van der Waals surface area (Å²) < 4.78 is 69.7.